The Morgan fingerprint density at radius 1 is 0.800 bits per heavy atom. The minimum absolute atomic E-state index is 0. The van der Waals surface area contributed by atoms with Crippen molar-refractivity contribution in [3.8, 4) is 11.3 Å². The van der Waals surface area contributed by atoms with Gasteiger partial charge in [0, 0.05) is 27.3 Å². The summed E-state index contributed by atoms with van der Waals surface area (Å²) in [6, 6.07) is 27.4. The molecule has 0 saturated carbocycles. The Bertz CT molecular complexity index is 542. The van der Waals surface area contributed by atoms with Crippen LogP contribution in [0.5, 0.6) is 0 Å². The number of benzene rings is 2. The van der Waals surface area contributed by atoms with Gasteiger partial charge in [0.1, 0.15) is 0 Å². The van der Waals surface area contributed by atoms with Crippen LogP contribution < -0.4 is 0 Å². The predicted molar refractivity (Wildman–Crippen MR) is 78.2 cm³/mol. The molecule has 0 amide bonds. The molecule has 1 aromatic heterocycles. The first kappa shape index (κ1) is 16.2. The van der Waals surface area contributed by atoms with E-state index in [1.165, 1.54) is 0 Å². The van der Waals surface area contributed by atoms with Crippen LogP contribution in [0.25, 0.3) is 11.3 Å². The Balaban J connectivity index is 0.000000216. The van der Waals surface area contributed by atoms with Crippen molar-refractivity contribution < 1.29 is 21.1 Å². The summed E-state index contributed by atoms with van der Waals surface area (Å²) in [5.41, 5.74) is 2.96. The summed E-state index contributed by atoms with van der Waals surface area (Å²) in [6.45, 7) is 3.66. The van der Waals surface area contributed by atoms with Crippen molar-refractivity contribution in [2.45, 2.75) is 0 Å². The Labute approximate surface area is 135 Å². The van der Waals surface area contributed by atoms with Crippen molar-refractivity contribution in [1.82, 2.24) is 4.98 Å². The molecule has 1 heterocycles. The molecule has 2 heteroatoms. The van der Waals surface area contributed by atoms with E-state index in [2.05, 4.69) is 24.0 Å². The topological polar surface area (TPSA) is 12.9 Å². The van der Waals surface area contributed by atoms with Gasteiger partial charge in [-0.1, -0.05) is 12.1 Å². The van der Waals surface area contributed by atoms with E-state index in [0.717, 1.165) is 16.8 Å². The van der Waals surface area contributed by atoms with Crippen molar-refractivity contribution in [3.63, 3.8) is 0 Å². The maximum atomic E-state index is 4.22. The van der Waals surface area contributed by atoms with E-state index in [1.54, 1.807) is 6.20 Å². The van der Waals surface area contributed by atoms with Crippen LogP contribution in [0.4, 0.5) is 0 Å². The van der Waals surface area contributed by atoms with Gasteiger partial charge in [-0.15, -0.1) is 42.0 Å². The van der Waals surface area contributed by atoms with Crippen LogP contribution in [0, 0.1) is 19.1 Å². The van der Waals surface area contributed by atoms with Gasteiger partial charge in [0.05, 0.1) is 0 Å². The maximum absolute atomic E-state index is 4.22. The minimum Gasteiger partial charge on any atom is -0.374 e. The zero-order chi connectivity index (χ0) is 13.3. The van der Waals surface area contributed by atoms with Gasteiger partial charge in [-0.25, -0.2) is 0 Å². The molecule has 0 spiro atoms. The summed E-state index contributed by atoms with van der Waals surface area (Å²) in [5.74, 6) is 0. The van der Waals surface area contributed by atoms with Crippen LogP contribution in [0.1, 0.15) is 5.56 Å². The molecule has 0 bridgehead atoms. The van der Waals surface area contributed by atoms with Gasteiger partial charge < -0.3 is 23.5 Å². The SMILES string of the molecule is [CH2-]c1[c-]cccc1.[Pt].[c-]1ccccc1-c1ccccn1. The van der Waals surface area contributed by atoms with Gasteiger partial charge in [-0.2, -0.15) is 12.1 Å². The second-order valence-corrected chi connectivity index (χ2v) is 3.88. The number of pyridine rings is 1. The molecule has 0 radical (unpaired) electrons. The standard InChI is InChI=1S/C11H8N.C7H6.Pt/c1-2-6-10(7-3-1)11-8-4-5-9-12-11;1-7-5-3-2-4-6-7;/h1-6,8-9H;2-5H,1H2;/q-1;-2;. The molecule has 3 aromatic rings. The number of hydrogen-bond donors (Lipinski definition) is 0. The summed E-state index contributed by atoms with van der Waals surface area (Å²) in [6.07, 6.45) is 1.79. The molecule has 0 aliphatic heterocycles. The zero-order valence-corrected chi connectivity index (χ0v) is 13.2. The second-order valence-electron chi connectivity index (χ2n) is 3.88. The van der Waals surface area contributed by atoms with E-state index >= 15 is 0 Å². The molecule has 20 heavy (non-hydrogen) atoms. The summed E-state index contributed by atoms with van der Waals surface area (Å²) in [7, 11) is 0. The van der Waals surface area contributed by atoms with Crippen LogP contribution in [0.2, 0.25) is 0 Å². The van der Waals surface area contributed by atoms with Crippen LogP contribution >= 0.6 is 0 Å². The van der Waals surface area contributed by atoms with Crippen molar-refractivity contribution >= 4 is 0 Å². The van der Waals surface area contributed by atoms with Gasteiger partial charge in [0.15, 0.2) is 0 Å². The molecule has 3 rings (SSSR count). The quantitative estimate of drug-likeness (QED) is 0.518. The first-order chi connectivity index (χ1) is 9.36. The van der Waals surface area contributed by atoms with E-state index in [1.807, 2.05) is 66.7 Å². The Hall–Kier alpha value is -1.85. The van der Waals surface area contributed by atoms with Crippen LogP contribution in [0.15, 0.2) is 72.9 Å². The Kier molecular flexibility index (Phi) is 7.39. The molecule has 1 nitrogen and oxygen atoms in total. The number of nitrogens with zero attached hydrogens (tertiary/aromatic N) is 1. The predicted octanol–water partition coefficient (Wildman–Crippen LogP) is 4.22. The summed E-state index contributed by atoms with van der Waals surface area (Å²) < 4.78 is 0. The summed E-state index contributed by atoms with van der Waals surface area (Å²) in [5, 5.41) is 0. The smallest absolute Gasteiger partial charge is 0.0160 e. The molecule has 0 fully saturated rings. The monoisotopic (exact) mass is 439 g/mol. The maximum Gasteiger partial charge on any atom is 0.0160 e. The Morgan fingerprint density at radius 3 is 1.95 bits per heavy atom. The van der Waals surface area contributed by atoms with E-state index in [9.17, 15) is 0 Å². The molecule has 0 aliphatic carbocycles. The van der Waals surface area contributed by atoms with Crippen molar-refractivity contribution in [1.29, 1.82) is 0 Å². The number of hydrogen-bond acceptors (Lipinski definition) is 1. The molecule has 2 aromatic carbocycles. The molecular formula is C18H14NPt-3. The van der Waals surface area contributed by atoms with E-state index in [0.29, 0.717) is 0 Å². The Morgan fingerprint density at radius 2 is 1.50 bits per heavy atom. The second kappa shape index (κ2) is 9.12. The van der Waals surface area contributed by atoms with Crippen molar-refractivity contribution in [2.24, 2.45) is 0 Å². The number of aromatic nitrogens is 1. The van der Waals surface area contributed by atoms with Crippen LogP contribution in [-0.2, 0) is 21.1 Å². The van der Waals surface area contributed by atoms with E-state index in [-0.39, 0.29) is 21.1 Å². The summed E-state index contributed by atoms with van der Waals surface area (Å²) >= 11 is 0. The van der Waals surface area contributed by atoms with Crippen molar-refractivity contribution in [2.75, 3.05) is 0 Å². The summed E-state index contributed by atoms with van der Waals surface area (Å²) in [4.78, 5) is 4.22. The van der Waals surface area contributed by atoms with Gasteiger partial charge >= 0.3 is 0 Å². The first-order valence-electron chi connectivity index (χ1n) is 6.03. The molecule has 0 N–H and O–H groups in total. The third-order valence-electron chi connectivity index (χ3n) is 2.42. The zero-order valence-electron chi connectivity index (χ0n) is 10.9. The molecule has 104 valence electrons. The average molecular weight is 439 g/mol. The van der Waals surface area contributed by atoms with Gasteiger partial charge in [-0.3, -0.25) is 6.07 Å². The van der Waals surface area contributed by atoms with Gasteiger partial charge in [0.25, 0.3) is 0 Å². The molecule has 0 aliphatic rings. The average Bonchev–Trinajstić information content (AvgIpc) is 2.51. The third kappa shape index (κ3) is 5.42. The van der Waals surface area contributed by atoms with Gasteiger partial charge in [-0.05, 0) is 11.8 Å². The molecule has 0 atom stereocenters. The third-order valence-corrected chi connectivity index (χ3v) is 2.42. The van der Waals surface area contributed by atoms with E-state index < -0.39 is 0 Å². The molecule has 0 saturated heterocycles. The fraction of sp³-hybridized carbons (Fsp3) is 0. The molecular weight excluding hydrogens is 425 g/mol. The fourth-order valence-corrected chi connectivity index (χ4v) is 1.51. The minimum atomic E-state index is 0. The van der Waals surface area contributed by atoms with Crippen molar-refractivity contribution in [3.05, 3.63) is 97.5 Å². The normalized spacial score (nSPS) is 8.80. The molecule has 0 unspecified atom stereocenters. The van der Waals surface area contributed by atoms with E-state index in [4.69, 9.17) is 0 Å². The fourth-order valence-electron chi connectivity index (χ4n) is 1.51. The van der Waals surface area contributed by atoms with Crippen LogP contribution in [-0.4, -0.2) is 4.98 Å². The van der Waals surface area contributed by atoms with Crippen LogP contribution in [0.3, 0.4) is 0 Å². The van der Waals surface area contributed by atoms with Gasteiger partial charge in [0.2, 0.25) is 0 Å². The number of rotatable bonds is 1. The first-order valence-corrected chi connectivity index (χ1v) is 6.03. The largest absolute Gasteiger partial charge is 0.374 e.